The van der Waals surface area contributed by atoms with Crippen molar-refractivity contribution in [2.24, 2.45) is 0 Å². The molecule has 1 atom stereocenters. The van der Waals surface area contributed by atoms with Crippen LogP contribution < -0.4 is 4.90 Å². The lowest BCUT2D eigenvalue weighted by atomic mass is 10.1. The number of aliphatic carboxylic acids is 1. The highest BCUT2D eigenvalue weighted by Crippen LogP contribution is 2.24. The molecule has 1 aromatic rings. The zero-order valence-corrected chi connectivity index (χ0v) is 11.7. The maximum Gasteiger partial charge on any atom is 0.327 e. The molecule has 0 saturated carbocycles. The lowest BCUT2D eigenvalue weighted by molar-refractivity contribution is -0.140. The first-order valence-electron chi connectivity index (χ1n) is 5.89. The van der Waals surface area contributed by atoms with E-state index < -0.39 is 12.0 Å². The third kappa shape index (κ3) is 2.84. The highest BCUT2D eigenvalue weighted by atomic mass is 32.2. The summed E-state index contributed by atoms with van der Waals surface area (Å²) in [7, 11) is 3.85. The number of anilines is 1. The number of rotatable bonds is 3. The standard InChI is InChI=1S/C13H16N2O3S/c1-14(2)10-5-3-9(4-6-10)12(16)15-8-19-7-11(15)13(17)18/h3-6,11H,7-8H2,1-2H3,(H,17,18)/t11-/m0/s1. The Morgan fingerprint density at radius 1 is 1.32 bits per heavy atom. The number of amides is 1. The Bertz CT molecular complexity index is 487. The van der Waals surface area contributed by atoms with Gasteiger partial charge in [0.2, 0.25) is 0 Å². The summed E-state index contributed by atoms with van der Waals surface area (Å²) >= 11 is 1.47. The highest BCUT2D eigenvalue weighted by Gasteiger charge is 2.34. The molecule has 1 heterocycles. The first kappa shape index (κ1) is 13.7. The first-order valence-corrected chi connectivity index (χ1v) is 7.05. The molecule has 19 heavy (non-hydrogen) atoms. The third-order valence-electron chi connectivity index (χ3n) is 3.06. The second-order valence-electron chi connectivity index (χ2n) is 4.57. The Morgan fingerprint density at radius 3 is 2.47 bits per heavy atom. The van der Waals surface area contributed by atoms with E-state index in [0.29, 0.717) is 17.2 Å². The van der Waals surface area contributed by atoms with Crippen LogP contribution in [0.4, 0.5) is 5.69 Å². The van der Waals surface area contributed by atoms with E-state index in [4.69, 9.17) is 5.11 Å². The molecule has 0 aromatic heterocycles. The molecule has 1 fully saturated rings. The molecule has 0 spiro atoms. The molecule has 0 radical (unpaired) electrons. The Labute approximate surface area is 116 Å². The van der Waals surface area contributed by atoms with Crippen LogP contribution >= 0.6 is 11.8 Å². The molecule has 2 rings (SSSR count). The van der Waals surface area contributed by atoms with Crippen LogP contribution in [-0.2, 0) is 4.79 Å². The Kier molecular flexibility index (Phi) is 3.99. The fourth-order valence-corrected chi connectivity index (χ4v) is 3.06. The van der Waals surface area contributed by atoms with Gasteiger partial charge in [-0.25, -0.2) is 4.79 Å². The van der Waals surface area contributed by atoms with Crippen LogP contribution in [0.1, 0.15) is 10.4 Å². The quantitative estimate of drug-likeness (QED) is 0.905. The van der Waals surface area contributed by atoms with E-state index in [2.05, 4.69) is 0 Å². The largest absolute Gasteiger partial charge is 0.480 e. The van der Waals surface area contributed by atoms with Crippen molar-refractivity contribution >= 4 is 29.3 Å². The second-order valence-corrected chi connectivity index (χ2v) is 5.57. The number of hydrogen-bond donors (Lipinski definition) is 1. The van der Waals surface area contributed by atoms with E-state index in [1.54, 1.807) is 12.1 Å². The number of carboxylic acid groups (broad SMARTS) is 1. The molecule has 5 nitrogen and oxygen atoms in total. The number of carbonyl (C=O) groups is 2. The van der Waals surface area contributed by atoms with Crippen LogP contribution in [0.2, 0.25) is 0 Å². The molecule has 1 aromatic carbocycles. The van der Waals surface area contributed by atoms with Crippen molar-refractivity contribution in [2.45, 2.75) is 6.04 Å². The van der Waals surface area contributed by atoms with Gasteiger partial charge in [0, 0.05) is 31.1 Å². The van der Waals surface area contributed by atoms with Crippen molar-refractivity contribution < 1.29 is 14.7 Å². The van der Waals surface area contributed by atoms with Crippen LogP contribution in [0.5, 0.6) is 0 Å². The SMILES string of the molecule is CN(C)c1ccc(C(=O)N2CSC[C@H]2C(=O)O)cc1. The van der Waals surface area contributed by atoms with Crippen molar-refractivity contribution in [1.29, 1.82) is 0 Å². The van der Waals surface area contributed by atoms with Gasteiger partial charge in [-0.3, -0.25) is 4.79 Å². The highest BCUT2D eigenvalue weighted by molar-refractivity contribution is 7.99. The van der Waals surface area contributed by atoms with Crippen LogP contribution in [0.3, 0.4) is 0 Å². The summed E-state index contributed by atoms with van der Waals surface area (Å²) in [4.78, 5) is 26.7. The fourth-order valence-electron chi connectivity index (χ4n) is 1.92. The summed E-state index contributed by atoms with van der Waals surface area (Å²) in [5.41, 5.74) is 1.53. The number of thioether (sulfide) groups is 1. The Hall–Kier alpha value is -1.69. The molecule has 1 saturated heterocycles. The van der Waals surface area contributed by atoms with Crippen LogP contribution in [0.25, 0.3) is 0 Å². The number of benzene rings is 1. The molecule has 0 unspecified atom stereocenters. The van der Waals surface area contributed by atoms with Crippen LogP contribution in [0.15, 0.2) is 24.3 Å². The Morgan fingerprint density at radius 2 is 1.95 bits per heavy atom. The second kappa shape index (κ2) is 5.52. The summed E-state index contributed by atoms with van der Waals surface area (Å²) < 4.78 is 0. The molecule has 0 bridgehead atoms. The summed E-state index contributed by atoms with van der Waals surface area (Å²) in [5.74, 6) is -0.270. The van der Waals surface area contributed by atoms with Crippen molar-refractivity contribution in [2.75, 3.05) is 30.6 Å². The zero-order chi connectivity index (χ0) is 14.0. The van der Waals surface area contributed by atoms with E-state index in [0.717, 1.165) is 5.69 Å². The number of carbonyl (C=O) groups excluding carboxylic acids is 1. The minimum absolute atomic E-state index is 0.220. The van der Waals surface area contributed by atoms with Crippen molar-refractivity contribution in [3.8, 4) is 0 Å². The predicted octanol–water partition coefficient (Wildman–Crippen LogP) is 1.35. The van der Waals surface area contributed by atoms with Crippen molar-refractivity contribution in [3.63, 3.8) is 0 Å². The molecular formula is C13H16N2O3S. The number of nitrogens with zero attached hydrogens (tertiary/aromatic N) is 2. The number of carboxylic acids is 1. The van der Waals surface area contributed by atoms with Gasteiger partial charge in [0.05, 0.1) is 5.88 Å². The normalized spacial score (nSPS) is 18.4. The van der Waals surface area contributed by atoms with Crippen LogP contribution in [-0.4, -0.2) is 53.6 Å². The van der Waals surface area contributed by atoms with E-state index in [1.807, 2.05) is 31.1 Å². The van der Waals surface area contributed by atoms with Gasteiger partial charge in [0.25, 0.3) is 5.91 Å². The van der Waals surface area contributed by atoms with Gasteiger partial charge in [-0.05, 0) is 24.3 Å². The predicted molar refractivity (Wildman–Crippen MR) is 75.7 cm³/mol. The first-order chi connectivity index (χ1) is 9.00. The van der Waals surface area contributed by atoms with Gasteiger partial charge in [-0.2, -0.15) is 0 Å². The molecule has 1 aliphatic rings. The van der Waals surface area contributed by atoms with Crippen molar-refractivity contribution in [3.05, 3.63) is 29.8 Å². The average molecular weight is 280 g/mol. The minimum atomic E-state index is -0.941. The molecule has 6 heteroatoms. The lowest BCUT2D eigenvalue weighted by Crippen LogP contribution is -2.41. The average Bonchev–Trinajstić information content (AvgIpc) is 2.87. The molecular weight excluding hydrogens is 264 g/mol. The molecule has 1 amide bonds. The molecule has 1 aliphatic heterocycles. The fraction of sp³-hybridized carbons (Fsp3) is 0.385. The van der Waals surface area contributed by atoms with E-state index >= 15 is 0 Å². The van der Waals surface area contributed by atoms with E-state index in [1.165, 1.54) is 16.7 Å². The summed E-state index contributed by atoms with van der Waals surface area (Å²) in [5, 5.41) is 9.08. The number of hydrogen-bond acceptors (Lipinski definition) is 4. The van der Waals surface area contributed by atoms with Gasteiger partial charge >= 0.3 is 5.97 Å². The van der Waals surface area contributed by atoms with E-state index in [9.17, 15) is 9.59 Å². The zero-order valence-electron chi connectivity index (χ0n) is 10.9. The van der Waals surface area contributed by atoms with Gasteiger partial charge in [0.15, 0.2) is 0 Å². The molecule has 102 valence electrons. The van der Waals surface area contributed by atoms with Gasteiger partial charge in [-0.1, -0.05) is 0 Å². The monoisotopic (exact) mass is 280 g/mol. The summed E-state index contributed by atoms with van der Waals surface area (Å²) in [6.07, 6.45) is 0. The third-order valence-corrected chi connectivity index (χ3v) is 4.07. The summed E-state index contributed by atoms with van der Waals surface area (Å²) in [6, 6.07) is 6.46. The van der Waals surface area contributed by atoms with Gasteiger partial charge in [-0.15, -0.1) is 11.8 Å². The maximum absolute atomic E-state index is 12.3. The van der Waals surface area contributed by atoms with Crippen molar-refractivity contribution in [1.82, 2.24) is 4.90 Å². The molecule has 0 aliphatic carbocycles. The smallest absolute Gasteiger partial charge is 0.327 e. The maximum atomic E-state index is 12.3. The summed E-state index contributed by atoms with van der Waals surface area (Å²) in [6.45, 7) is 0. The minimum Gasteiger partial charge on any atom is -0.480 e. The van der Waals surface area contributed by atoms with Gasteiger partial charge in [0.1, 0.15) is 6.04 Å². The van der Waals surface area contributed by atoms with Crippen LogP contribution in [0, 0.1) is 0 Å². The topological polar surface area (TPSA) is 60.9 Å². The van der Waals surface area contributed by atoms with E-state index in [-0.39, 0.29) is 5.91 Å². The Balaban J connectivity index is 2.17. The van der Waals surface area contributed by atoms with Gasteiger partial charge < -0.3 is 14.9 Å². The lowest BCUT2D eigenvalue weighted by Gasteiger charge is -2.21. The molecule has 1 N–H and O–H groups in total.